The van der Waals surface area contributed by atoms with Crippen LogP contribution in [0.2, 0.25) is 0 Å². The van der Waals surface area contributed by atoms with Crippen LogP contribution in [0.4, 0.5) is 0 Å². The second-order valence-corrected chi connectivity index (χ2v) is 2.95. The zero-order valence-corrected chi connectivity index (χ0v) is 7.16. The van der Waals surface area contributed by atoms with Crippen LogP contribution >= 0.6 is 0 Å². The molecule has 1 aromatic heterocycles. The van der Waals surface area contributed by atoms with Crippen molar-refractivity contribution >= 4 is 16.7 Å². The van der Waals surface area contributed by atoms with Gasteiger partial charge in [0, 0.05) is 17.1 Å². The number of rotatable bonds is 1. The zero-order valence-electron chi connectivity index (χ0n) is 7.16. The van der Waals surface area contributed by atoms with E-state index in [-0.39, 0.29) is 11.5 Å². The minimum Gasteiger partial charge on any atom is -0.507 e. The van der Waals surface area contributed by atoms with Gasteiger partial charge in [-0.15, -0.1) is 0 Å². The van der Waals surface area contributed by atoms with Gasteiger partial charge in [0.15, 0.2) is 5.78 Å². The summed E-state index contributed by atoms with van der Waals surface area (Å²) >= 11 is 0. The van der Waals surface area contributed by atoms with Crippen LogP contribution in [0.15, 0.2) is 24.4 Å². The van der Waals surface area contributed by atoms with E-state index in [0.29, 0.717) is 5.56 Å². The molecule has 0 unspecified atom stereocenters. The van der Waals surface area contributed by atoms with E-state index in [0.717, 1.165) is 10.9 Å². The predicted octanol–water partition coefficient (Wildman–Crippen LogP) is 2.08. The number of benzene rings is 1. The third-order valence-corrected chi connectivity index (χ3v) is 2.06. The highest BCUT2D eigenvalue weighted by Crippen LogP contribution is 2.26. The fourth-order valence-electron chi connectivity index (χ4n) is 1.49. The number of nitrogens with one attached hydrogen (secondary N) is 1. The Bertz CT molecular complexity index is 471. The first kappa shape index (κ1) is 7.86. The topological polar surface area (TPSA) is 53.1 Å². The summed E-state index contributed by atoms with van der Waals surface area (Å²) in [5.74, 6) is -0.0812. The molecule has 2 rings (SSSR count). The van der Waals surface area contributed by atoms with Crippen molar-refractivity contribution in [1.82, 2.24) is 4.98 Å². The van der Waals surface area contributed by atoms with E-state index in [2.05, 4.69) is 4.98 Å². The van der Waals surface area contributed by atoms with Gasteiger partial charge >= 0.3 is 0 Å². The normalized spacial score (nSPS) is 10.5. The van der Waals surface area contributed by atoms with Crippen molar-refractivity contribution in [3.8, 4) is 5.75 Å². The Hall–Kier alpha value is -1.77. The average molecular weight is 175 g/mol. The SMILES string of the molecule is CC(=O)c1c(O)ccc2[nH]ccc12. The molecule has 0 aliphatic heterocycles. The number of phenols is 1. The molecule has 2 aromatic rings. The van der Waals surface area contributed by atoms with Gasteiger partial charge in [0.2, 0.25) is 0 Å². The number of aromatic hydroxyl groups is 1. The number of aromatic nitrogens is 1. The highest BCUT2D eigenvalue weighted by molar-refractivity contribution is 6.08. The smallest absolute Gasteiger partial charge is 0.164 e. The summed E-state index contributed by atoms with van der Waals surface area (Å²) in [6.07, 6.45) is 1.75. The van der Waals surface area contributed by atoms with Crippen molar-refractivity contribution in [2.24, 2.45) is 0 Å². The van der Waals surface area contributed by atoms with Gasteiger partial charge in [-0.05, 0) is 25.1 Å². The summed E-state index contributed by atoms with van der Waals surface area (Å²) in [4.78, 5) is 14.2. The highest BCUT2D eigenvalue weighted by Gasteiger charge is 2.11. The van der Waals surface area contributed by atoms with E-state index in [1.54, 1.807) is 18.3 Å². The van der Waals surface area contributed by atoms with Crippen LogP contribution in [0.3, 0.4) is 0 Å². The van der Waals surface area contributed by atoms with E-state index < -0.39 is 0 Å². The van der Waals surface area contributed by atoms with Gasteiger partial charge < -0.3 is 10.1 Å². The molecule has 0 fully saturated rings. The van der Waals surface area contributed by atoms with Gasteiger partial charge in [-0.25, -0.2) is 0 Å². The van der Waals surface area contributed by atoms with Crippen molar-refractivity contribution in [2.45, 2.75) is 6.92 Å². The number of H-pyrrole nitrogens is 1. The first-order valence-corrected chi connectivity index (χ1v) is 4.00. The lowest BCUT2D eigenvalue weighted by Crippen LogP contribution is -1.93. The molecule has 0 spiro atoms. The molecule has 3 heteroatoms. The number of aromatic amines is 1. The molecule has 0 aliphatic carbocycles. The summed E-state index contributed by atoms with van der Waals surface area (Å²) in [6.45, 7) is 1.45. The Balaban J connectivity index is 2.88. The number of hydrogen-bond acceptors (Lipinski definition) is 2. The minimum absolute atomic E-state index is 0.0413. The Morgan fingerprint density at radius 3 is 2.85 bits per heavy atom. The second kappa shape index (κ2) is 2.62. The molecule has 2 N–H and O–H groups in total. The maximum atomic E-state index is 11.2. The summed E-state index contributed by atoms with van der Waals surface area (Å²) in [6, 6.07) is 5.05. The predicted molar refractivity (Wildman–Crippen MR) is 50.0 cm³/mol. The third-order valence-electron chi connectivity index (χ3n) is 2.06. The van der Waals surface area contributed by atoms with Crippen molar-refractivity contribution in [3.05, 3.63) is 30.0 Å². The van der Waals surface area contributed by atoms with E-state index in [1.165, 1.54) is 13.0 Å². The molecule has 0 atom stereocenters. The number of ketones is 1. The molecule has 66 valence electrons. The molecule has 0 bridgehead atoms. The van der Waals surface area contributed by atoms with E-state index >= 15 is 0 Å². The van der Waals surface area contributed by atoms with Crippen LogP contribution in [-0.2, 0) is 0 Å². The molecule has 1 heterocycles. The van der Waals surface area contributed by atoms with Gasteiger partial charge in [-0.3, -0.25) is 4.79 Å². The quantitative estimate of drug-likeness (QED) is 0.652. The minimum atomic E-state index is -0.122. The van der Waals surface area contributed by atoms with E-state index in [9.17, 15) is 9.90 Å². The molecular weight excluding hydrogens is 166 g/mol. The maximum Gasteiger partial charge on any atom is 0.164 e. The molecule has 0 saturated carbocycles. The molecular formula is C10H9NO2. The van der Waals surface area contributed by atoms with E-state index in [4.69, 9.17) is 0 Å². The molecule has 0 saturated heterocycles. The first-order chi connectivity index (χ1) is 6.20. The fourth-order valence-corrected chi connectivity index (χ4v) is 1.49. The number of phenolic OH excluding ortho intramolecular Hbond substituents is 1. The number of Topliss-reactive ketones (excluding diaryl/α,β-unsaturated/α-hetero) is 1. The monoisotopic (exact) mass is 175 g/mol. The van der Waals surface area contributed by atoms with Gasteiger partial charge in [-0.2, -0.15) is 0 Å². The van der Waals surface area contributed by atoms with Crippen molar-refractivity contribution < 1.29 is 9.90 Å². The van der Waals surface area contributed by atoms with Crippen LogP contribution in [0.1, 0.15) is 17.3 Å². The Morgan fingerprint density at radius 1 is 1.38 bits per heavy atom. The van der Waals surface area contributed by atoms with Crippen molar-refractivity contribution in [3.63, 3.8) is 0 Å². The second-order valence-electron chi connectivity index (χ2n) is 2.95. The lowest BCUT2D eigenvalue weighted by molar-refractivity contribution is 0.101. The van der Waals surface area contributed by atoms with Gasteiger partial charge in [-0.1, -0.05) is 0 Å². The summed E-state index contributed by atoms with van der Waals surface area (Å²) in [7, 11) is 0. The van der Waals surface area contributed by atoms with Crippen LogP contribution in [0.25, 0.3) is 10.9 Å². The summed E-state index contributed by atoms with van der Waals surface area (Å²) in [5.41, 5.74) is 1.25. The highest BCUT2D eigenvalue weighted by atomic mass is 16.3. The Morgan fingerprint density at radius 2 is 2.15 bits per heavy atom. The first-order valence-electron chi connectivity index (χ1n) is 4.00. The molecule has 0 amide bonds. The Labute approximate surface area is 75.0 Å². The third kappa shape index (κ3) is 1.09. The molecule has 0 aliphatic rings. The summed E-state index contributed by atoms with van der Waals surface area (Å²) in [5, 5.41) is 10.2. The van der Waals surface area contributed by atoms with Crippen LogP contribution in [0, 0.1) is 0 Å². The fraction of sp³-hybridized carbons (Fsp3) is 0.100. The number of carbonyl (C=O) groups excluding carboxylic acids is 1. The van der Waals surface area contributed by atoms with Gasteiger partial charge in [0.05, 0.1) is 5.56 Å². The van der Waals surface area contributed by atoms with E-state index in [1.807, 2.05) is 0 Å². The zero-order chi connectivity index (χ0) is 9.42. The molecule has 0 radical (unpaired) electrons. The summed E-state index contributed by atoms with van der Waals surface area (Å²) < 4.78 is 0. The Kier molecular flexibility index (Phi) is 1.59. The number of fused-ring (bicyclic) bond motifs is 1. The molecule has 1 aromatic carbocycles. The van der Waals surface area contributed by atoms with Crippen LogP contribution in [-0.4, -0.2) is 15.9 Å². The lowest BCUT2D eigenvalue weighted by atomic mass is 10.1. The van der Waals surface area contributed by atoms with Crippen LogP contribution in [0.5, 0.6) is 5.75 Å². The average Bonchev–Trinajstić information content (AvgIpc) is 2.50. The lowest BCUT2D eigenvalue weighted by Gasteiger charge is -2.01. The molecule has 13 heavy (non-hydrogen) atoms. The number of carbonyl (C=O) groups is 1. The largest absolute Gasteiger partial charge is 0.507 e. The van der Waals surface area contributed by atoms with Gasteiger partial charge in [0.1, 0.15) is 5.75 Å². The van der Waals surface area contributed by atoms with Crippen molar-refractivity contribution in [1.29, 1.82) is 0 Å². The maximum absolute atomic E-state index is 11.2. The number of hydrogen-bond donors (Lipinski definition) is 2. The van der Waals surface area contributed by atoms with Crippen LogP contribution < -0.4 is 0 Å². The van der Waals surface area contributed by atoms with Crippen molar-refractivity contribution in [2.75, 3.05) is 0 Å². The standard InChI is InChI=1S/C10H9NO2/c1-6(12)10-7-4-5-11-8(7)2-3-9(10)13/h2-5,11,13H,1H3. The van der Waals surface area contributed by atoms with Gasteiger partial charge in [0.25, 0.3) is 0 Å². The molecule has 3 nitrogen and oxygen atoms in total.